The van der Waals surface area contributed by atoms with Crippen molar-refractivity contribution < 1.29 is 17.2 Å². The van der Waals surface area contributed by atoms with Gasteiger partial charge in [0.15, 0.2) is 11.3 Å². The first-order valence-electron chi connectivity index (χ1n) is 13.2. The van der Waals surface area contributed by atoms with Crippen molar-refractivity contribution in [3.8, 4) is 17.3 Å². The Balaban J connectivity index is 1.49. The van der Waals surface area contributed by atoms with Gasteiger partial charge in [0.2, 0.25) is 10.0 Å². The molecule has 1 fully saturated rings. The van der Waals surface area contributed by atoms with Crippen LogP contribution in [0.4, 0.5) is 8.78 Å². The van der Waals surface area contributed by atoms with Crippen LogP contribution in [0, 0.1) is 23.0 Å². The molecule has 0 bridgehead atoms. The summed E-state index contributed by atoms with van der Waals surface area (Å²) in [7, 11) is -4.19. The van der Waals surface area contributed by atoms with Crippen molar-refractivity contribution in [3.05, 3.63) is 89.5 Å². The lowest BCUT2D eigenvalue weighted by atomic mass is 9.88. The third kappa shape index (κ3) is 4.61. The first-order valence-corrected chi connectivity index (χ1v) is 14.6. The van der Waals surface area contributed by atoms with E-state index in [-0.39, 0.29) is 29.4 Å². The fraction of sp³-hybridized carbons (Fsp3) is 0.276. The molecule has 0 amide bonds. The molecule has 6 rings (SSSR count). The smallest absolute Gasteiger partial charge is 0.249 e. The molecule has 2 aliphatic rings. The van der Waals surface area contributed by atoms with Crippen molar-refractivity contribution in [1.29, 1.82) is 5.26 Å². The predicted octanol–water partition coefficient (Wildman–Crippen LogP) is 4.31. The Morgan fingerprint density at radius 1 is 1.17 bits per heavy atom. The Morgan fingerprint density at radius 3 is 2.59 bits per heavy atom. The maximum Gasteiger partial charge on any atom is 0.249 e. The molecule has 3 aromatic heterocycles. The number of nitriles is 1. The molecule has 1 aliphatic heterocycles. The molecule has 1 atom stereocenters. The molecule has 12 heteroatoms. The molecule has 0 saturated carbocycles. The van der Waals surface area contributed by atoms with Crippen LogP contribution >= 0.6 is 0 Å². The summed E-state index contributed by atoms with van der Waals surface area (Å²) in [6.45, 7) is 2.89. The van der Waals surface area contributed by atoms with Gasteiger partial charge in [-0.15, -0.1) is 0 Å². The molecule has 1 unspecified atom stereocenters. The summed E-state index contributed by atoms with van der Waals surface area (Å²) in [6.07, 6.45) is 8.03. The predicted molar refractivity (Wildman–Crippen MR) is 151 cm³/mol. The molecule has 41 heavy (non-hydrogen) atoms. The summed E-state index contributed by atoms with van der Waals surface area (Å²) >= 11 is 0. The number of halogens is 2. The number of hydrogen-bond donors (Lipinski definition) is 2. The zero-order valence-corrected chi connectivity index (χ0v) is 23.0. The fourth-order valence-electron chi connectivity index (χ4n) is 5.58. The molecule has 4 heterocycles. The summed E-state index contributed by atoms with van der Waals surface area (Å²) in [5, 5.41) is 16.5. The van der Waals surface area contributed by atoms with Crippen LogP contribution in [0.3, 0.4) is 0 Å². The van der Waals surface area contributed by atoms with Gasteiger partial charge < -0.3 is 10.6 Å². The number of hydrogen-bond acceptors (Lipinski definition) is 7. The van der Waals surface area contributed by atoms with Gasteiger partial charge in [-0.2, -0.15) is 10.4 Å². The van der Waals surface area contributed by atoms with E-state index in [1.807, 2.05) is 12.1 Å². The van der Waals surface area contributed by atoms with Gasteiger partial charge in [0.05, 0.1) is 5.69 Å². The summed E-state index contributed by atoms with van der Waals surface area (Å²) in [4.78, 5) is 6.47. The molecule has 210 valence electrons. The van der Waals surface area contributed by atoms with E-state index in [2.05, 4.69) is 20.1 Å². The molecule has 1 aromatic carbocycles. The van der Waals surface area contributed by atoms with E-state index in [0.717, 1.165) is 28.6 Å². The third-order valence-corrected chi connectivity index (χ3v) is 10.1. The van der Waals surface area contributed by atoms with Crippen molar-refractivity contribution in [1.82, 2.24) is 24.1 Å². The molecule has 0 spiro atoms. The van der Waals surface area contributed by atoms with Gasteiger partial charge in [-0.3, -0.25) is 5.10 Å². The van der Waals surface area contributed by atoms with Crippen LogP contribution in [0.25, 0.3) is 27.9 Å². The first kappa shape index (κ1) is 26.9. The van der Waals surface area contributed by atoms with Crippen LogP contribution in [0.5, 0.6) is 0 Å². The number of pyridine rings is 1. The van der Waals surface area contributed by atoms with Gasteiger partial charge in [0, 0.05) is 65.9 Å². The maximum atomic E-state index is 14.5. The average molecular weight is 576 g/mol. The molecular formula is C29H27F2N7O2S. The molecule has 1 saturated heterocycles. The number of piperidine rings is 1. The minimum absolute atomic E-state index is 0.0722. The second-order valence-electron chi connectivity index (χ2n) is 10.6. The maximum absolute atomic E-state index is 14.5. The minimum atomic E-state index is -4.19. The summed E-state index contributed by atoms with van der Waals surface area (Å²) in [5.41, 5.74) is 8.89. The minimum Gasteiger partial charge on any atom is -0.371 e. The van der Waals surface area contributed by atoms with Gasteiger partial charge in [0.1, 0.15) is 22.5 Å². The number of nitrogens with zero attached hydrogens (tertiary/aromatic N) is 5. The highest BCUT2D eigenvalue weighted by atomic mass is 32.2. The number of H-pyrrole nitrogens is 1. The second-order valence-corrected chi connectivity index (χ2v) is 12.9. The van der Waals surface area contributed by atoms with Gasteiger partial charge >= 0.3 is 0 Å². The van der Waals surface area contributed by atoms with E-state index in [9.17, 15) is 22.5 Å². The number of aromatic nitrogens is 4. The standard InChI is InChI=1S/C29H27F2N7O2S/c1-29(41(39,40)38-17-25(23-3-2-8-34-28(23)38)26-14-22(16-32)35-36-26)7-4-27(37-9-5-21(33)6-10-37)24(15-29)18-11-19(30)13-20(31)12-18/h2-4,8,11-15,17,21H,5-7,9-10,33H2,1H3,(H,35,36). The Kier molecular flexibility index (Phi) is 6.51. The van der Waals surface area contributed by atoms with E-state index in [1.54, 1.807) is 25.1 Å². The normalized spacial score (nSPS) is 20.1. The highest BCUT2D eigenvalue weighted by molar-refractivity contribution is 7.91. The van der Waals surface area contributed by atoms with Crippen molar-refractivity contribution in [3.63, 3.8) is 0 Å². The number of aromatic amines is 1. The lowest BCUT2D eigenvalue weighted by Crippen LogP contribution is -2.42. The Bertz CT molecular complexity index is 1860. The summed E-state index contributed by atoms with van der Waals surface area (Å²) in [5.74, 6) is -1.50. The Hall–Kier alpha value is -4.34. The summed E-state index contributed by atoms with van der Waals surface area (Å²) in [6, 6.07) is 10.2. The SMILES string of the molecule is CC1(S(=O)(=O)n2cc(-c3cc(C#N)n[nH]3)c3cccnc32)C=C(c2cc(F)cc(F)c2)C(N2CCC(N)CC2)=CC1. The van der Waals surface area contributed by atoms with Crippen molar-refractivity contribution >= 4 is 26.6 Å². The molecular weight excluding hydrogens is 548 g/mol. The first-order chi connectivity index (χ1) is 19.6. The fourth-order valence-corrected chi connectivity index (χ4v) is 7.21. The van der Waals surface area contributed by atoms with E-state index < -0.39 is 26.4 Å². The van der Waals surface area contributed by atoms with Crippen LogP contribution in [0.1, 0.15) is 37.4 Å². The highest BCUT2D eigenvalue weighted by Crippen LogP contribution is 2.42. The largest absolute Gasteiger partial charge is 0.371 e. The Morgan fingerprint density at radius 2 is 1.90 bits per heavy atom. The average Bonchev–Trinajstić information content (AvgIpc) is 3.58. The van der Waals surface area contributed by atoms with E-state index >= 15 is 0 Å². The van der Waals surface area contributed by atoms with E-state index in [4.69, 9.17) is 5.73 Å². The Labute approximate surface area is 235 Å². The highest BCUT2D eigenvalue weighted by Gasteiger charge is 2.43. The van der Waals surface area contributed by atoms with Gasteiger partial charge in [-0.25, -0.2) is 26.2 Å². The number of likely N-dealkylation sites (tertiary alicyclic amines) is 1. The number of rotatable bonds is 5. The van der Waals surface area contributed by atoms with Crippen LogP contribution in [-0.2, 0) is 10.0 Å². The summed E-state index contributed by atoms with van der Waals surface area (Å²) < 4.78 is 57.3. The van der Waals surface area contributed by atoms with Gasteiger partial charge in [0.25, 0.3) is 0 Å². The number of benzene rings is 1. The second kappa shape index (κ2) is 9.94. The van der Waals surface area contributed by atoms with E-state index in [0.29, 0.717) is 35.3 Å². The lowest BCUT2D eigenvalue weighted by molar-refractivity contribution is 0.271. The quantitative estimate of drug-likeness (QED) is 0.362. The topological polar surface area (TPSA) is 134 Å². The van der Waals surface area contributed by atoms with Crippen LogP contribution in [0.15, 0.2) is 66.6 Å². The van der Waals surface area contributed by atoms with Gasteiger partial charge in [-0.05, 0) is 56.0 Å². The molecule has 9 nitrogen and oxygen atoms in total. The van der Waals surface area contributed by atoms with Crippen molar-refractivity contribution in [2.75, 3.05) is 13.1 Å². The zero-order valence-electron chi connectivity index (χ0n) is 22.2. The van der Waals surface area contributed by atoms with Gasteiger partial charge in [-0.1, -0.05) is 12.2 Å². The molecule has 0 radical (unpaired) electrons. The number of fused-ring (bicyclic) bond motifs is 1. The lowest BCUT2D eigenvalue weighted by Gasteiger charge is -2.39. The monoisotopic (exact) mass is 575 g/mol. The zero-order chi connectivity index (χ0) is 28.9. The van der Waals surface area contributed by atoms with Crippen molar-refractivity contribution in [2.45, 2.75) is 37.0 Å². The third-order valence-electron chi connectivity index (χ3n) is 7.84. The number of nitrogens with two attached hydrogens (primary N) is 1. The van der Waals surface area contributed by atoms with Crippen molar-refractivity contribution in [2.24, 2.45) is 5.73 Å². The van der Waals surface area contributed by atoms with E-state index in [1.165, 1.54) is 30.6 Å². The van der Waals surface area contributed by atoms with Crippen LogP contribution in [0.2, 0.25) is 0 Å². The molecule has 3 N–H and O–H groups in total. The molecule has 4 aromatic rings. The molecule has 1 aliphatic carbocycles. The number of nitrogens with one attached hydrogen (secondary N) is 1. The van der Waals surface area contributed by atoms with Crippen LogP contribution < -0.4 is 5.73 Å². The van der Waals surface area contributed by atoms with Crippen LogP contribution in [-0.4, -0.2) is 56.3 Å². The number of allylic oxidation sites excluding steroid dienone is 2.